The Hall–Kier alpha value is -2.58. The highest BCUT2D eigenvalue weighted by atomic mass is 32.2. The monoisotopic (exact) mass is 376 g/mol. The van der Waals surface area contributed by atoms with E-state index in [1.165, 1.54) is 32.4 Å². The van der Waals surface area contributed by atoms with Gasteiger partial charge >= 0.3 is 0 Å². The predicted molar refractivity (Wildman–Crippen MR) is 95.4 cm³/mol. The van der Waals surface area contributed by atoms with Gasteiger partial charge in [-0.1, -0.05) is 24.3 Å². The van der Waals surface area contributed by atoms with E-state index in [-0.39, 0.29) is 17.9 Å². The van der Waals surface area contributed by atoms with Gasteiger partial charge in [-0.25, -0.2) is 8.42 Å². The van der Waals surface area contributed by atoms with Gasteiger partial charge in [0, 0.05) is 12.6 Å². The van der Waals surface area contributed by atoms with Gasteiger partial charge < -0.3 is 15.2 Å². The Balaban J connectivity index is 2.06. The third-order valence-corrected chi connectivity index (χ3v) is 6.35. The highest BCUT2D eigenvalue weighted by molar-refractivity contribution is 7.89. The van der Waals surface area contributed by atoms with Crippen molar-refractivity contribution < 1.29 is 22.7 Å². The smallest absolute Gasteiger partial charge is 0.244 e. The molecule has 7 nitrogen and oxygen atoms in total. The quantitative estimate of drug-likeness (QED) is 0.848. The molecule has 1 amide bonds. The number of methoxy groups -OCH3 is 2. The summed E-state index contributed by atoms with van der Waals surface area (Å²) in [5, 5.41) is 0. The minimum atomic E-state index is -3.96. The standard InChI is InChI=1S/C18H20N2O5S/c1-24-16-8-7-14(10-17(16)25-2)26(22,23)20-11-13-6-4-3-5-12(13)9-15(20)18(19)21/h3-8,10,15H,9,11H2,1-2H3,(H2,19,21)/t15-/m1/s1. The Morgan fingerprint density at radius 3 is 2.35 bits per heavy atom. The van der Waals surface area contributed by atoms with Crippen LogP contribution >= 0.6 is 0 Å². The normalized spacial score (nSPS) is 17.4. The number of hydrogen-bond donors (Lipinski definition) is 1. The fourth-order valence-corrected chi connectivity index (χ4v) is 4.70. The Kier molecular flexibility index (Phi) is 4.88. The first-order valence-electron chi connectivity index (χ1n) is 7.98. The SMILES string of the molecule is COc1ccc(S(=O)(=O)N2Cc3ccccc3C[C@@H]2C(N)=O)cc1OC. The maximum Gasteiger partial charge on any atom is 0.244 e. The topological polar surface area (TPSA) is 98.9 Å². The Morgan fingerprint density at radius 2 is 1.73 bits per heavy atom. The lowest BCUT2D eigenvalue weighted by atomic mass is 9.96. The molecule has 8 heteroatoms. The average molecular weight is 376 g/mol. The molecular weight excluding hydrogens is 356 g/mol. The first-order chi connectivity index (χ1) is 12.4. The molecule has 0 radical (unpaired) electrons. The predicted octanol–water partition coefficient (Wildman–Crippen LogP) is 1.30. The van der Waals surface area contributed by atoms with Crippen molar-refractivity contribution >= 4 is 15.9 Å². The second-order valence-electron chi connectivity index (χ2n) is 5.96. The molecule has 0 saturated carbocycles. The summed E-state index contributed by atoms with van der Waals surface area (Å²) in [7, 11) is -1.06. The zero-order chi connectivity index (χ0) is 18.9. The van der Waals surface area contributed by atoms with Gasteiger partial charge in [-0.2, -0.15) is 4.31 Å². The number of fused-ring (bicyclic) bond motifs is 1. The number of carbonyl (C=O) groups excluding carboxylic acids is 1. The lowest BCUT2D eigenvalue weighted by Crippen LogP contribution is -2.50. The van der Waals surface area contributed by atoms with Crippen LogP contribution in [0.3, 0.4) is 0 Å². The van der Waals surface area contributed by atoms with Gasteiger partial charge in [0.15, 0.2) is 11.5 Å². The molecule has 0 fully saturated rings. The summed E-state index contributed by atoms with van der Waals surface area (Å²) in [4.78, 5) is 12.0. The van der Waals surface area contributed by atoms with Crippen LogP contribution in [-0.2, 0) is 27.8 Å². The van der Waals surface area contributed by atoms with Crippen LogP contribution in [0.25, 0.3) is 0 Å². The summed E-state index contributed by atoms with van der Waals surface area (Å²) in [6, 6.07) is 10.8. The summed E-state index contributed by atoms with van der Waals surface area (Å²) in [5.74, 6) is 0.0343. The van der Waals surface area contributed by atoms with E-state index < -0.39 is 22.0 Å². The molecule has 26 heavy (non-hydrogen) atoms. The van der Waals surface area contributed by atoms with E-state index in [1.54, 1.807) is 0 Å². The van der Waals surface area contributed by atoms with E-state index in [0.29, 0.717) is 11.5 Å². The number of carbonyl (C=O) groups is 1. The molecule has 0 bridgehead atoms. The van der Waals surface area contributed by atoms with Gasteiger partial charge in [-0.15, -0.1) is 0 Å². The molecule has 1 aliphatic rings. The first kappa shape index (κ1) is 18.2. The van der Waals surface area contributed by atoms with Crippen LogP contribution in [0.1, 0.15) is 11.1 Å². The number of nitrogens with two attached hydrogens (primary N) is 1. The van der Waals surface area contributed by atoms with E-state index in [4.69, 9.17) is 15.2 Å². The molecule has 2 aromatic carbocycles. The summed E-state index contributed by atoms with van der Waals surface area (Å²) in [6.07, 6.45) is 0.248. The Labute approximate surface area is 152 Å². The van der Waals surface area contributed by atoms with Gasteiger partial charge in [0.2, 0.25) is 15.9 Å². The van der Waals surface area contributed by atoms with E-state index in [0.717, 1.165) is 15.4 Å². The summed E-state index contributed by atoms with van der Waals surface area (Å²) in [6.45, 7) is 0.0838. The van der Waals surface area contributed by atoms with Crippen molar-refractivity contribution in [2.45, 2.75) is 23.9 Å². The fraction of sp³-hybridized carbons (Fsp3) is 0.278. The highest BCUT2D eigenvalue weighted by Crippen LogP contribution is 2.33. The number of hydrogen-bond acceptors (Lipinski definition) is 5. The van der Waals surface area contributed by atoms with Gasteiger partial charge in [0.05, 0.1) is 19.1 Å². The zero-order valence-electron chi connectivity index (χ0n) is 14.5. The molecule has 2 aromatic rings. The van der Waals surface area contributed by atoms with E-state index in [1.807, 2.05) is 24.3 Å². The third-order valence-electron chi connectivity index (χ3n) is 4.50. The number of sulfonamides is 1. The van der Waals surface area contributed by atoms with Crippen LogP contribution in [0.4, 0.5) is 0 Å². The van der Waals surface area contributed by atoms with Crippen LogP contribution < -0.4 is 15.2 Å². The van der Waals surface area contributed by atoms with Gasteiger partial charge in [0.25, 0.3) is 0 Å². The second kappa shape index (κ2) is 6.97. The summed E-state index contributed by atoms with van der Waals surface area (Å²) >= 11 is 0. The van der Waals surface area contributed by atoms with Crippen LogP contribution in [0.2, 0.25) is 0 Å². The summed E-state index contributed by atoms with van der Waals surface area (Å²) < 4.78 is 37.9. The number of primary amides is 1. The fourth-order valence-electron chi connectivity index (χ4n) is 3.11. The lowest BCUT2D eigenvalue weighted by molar-refractivity contribution is -0.122. The van der Waals surface area contributed by atoms with Crippen molar-refractivity contribution in [1.29, 1.82) is 0 Å². The number of rotatable bonds is 5. The third kappa shape index (κ3) is 3.13. The summed E-state index contributed by atoms with van der Waals surface area (Å²) in [5.41, 5.74) is 7.28. The molecular formula is C18H20N2O5S. The van der Waals surface area contributed by atoms with Crippen molar-refractivity contribution in [3.05, 3.63) is 53.6 Å². The highest BCUT2D eigenvalue weighted by Gasteiger charge is 2.38. The molecule has 2 N–H and O–H groups in total. The van der Waals surface area contributed by atoms with Crippen molar-refractivity contribution in [2.75, 3.05) is 14.2 Å². The van der Waals surface area contributed by atoms with E-state index in [2.05, 4.69) is 0 Å². The Morgan fingerprint density at radius 1 is 1.08 bits per heavy atom. The molecule has 0 unspecified atom stereocenters. The maximum absolute atomic E-state index is 13.2. The van der Waals surface area contributed by atoms with E-state index >= 15 is 0 Å². The van der Waals surface area contributed by atoms with Crippen LogP contribution in [0.5, 0.6) is 11.5 Å². The molecule has 1 heterocycles. The van der Waals surface area contributed by atoms with E-state index in [9.17, 15) is 13.2 Å². The minimum Gasteiger partial charge on any atom is -0.493 e. The second-order valence-corrected chi connectivity index (χ2v) is 7.85. The number of nitrogens with zero attached hydrogens (tertiary/aromatic N) is 1. The van der Waals surface area contributed by atoms with Crippen LogP contribution in [0, 0.1) is 0 Å². The number of ether oxygens (including phenoxy) is 2. The average Bonchev–Trinajstić information content (AvgIpc) is 2.66. The molecule has 0 aromatic heterocycles. The maximum atomic E-state index is 13.2. The molecule has 1 aliphatic heterocycles. The minimum absolute atomic E-state index is 0.0146. The van der Waals surface area contributed by atoms with Gasteiger partial charge in [-0.3, -0.25) is 4.79 Å². The van der Waals surface area contributed by atoms with Crippen molar-refractivity contribution in [3.8, 4) is 11.5 Å². The molecule has 0 aliphatic carbocycles. The number of benzene rings is 2. The molecule has 1 atom stereocenters. The van der Waals surface area contributed by atoms with Crippen molar-refractivity contribution in [2.24, 2.45) is 5.73 Å². The molecule has 3 rings (SSSR count). The zero-order valence-corrected chi connectivity index (χ0v) is 15.3. The van der Waals surface area contributed by atoms with Crippen LogP contribution in [0.15, 0.2) is 47.4 Å². The molecule has 138 valence electrons. The first-order valence-corrected chi connectivity index (χ1v) is 9.42. The molecule has 0 saturated heterocycles. The van der Waals surface area contributed by atoms with Crippen LogP contribution in [-0.4, -0.2) is 38.9 Å². The lowest BCUT2D eigenvalue weighted by Gasteiger charge is -2.34. The molecule has 0 spiro atoms. The van der Waals surface area contributed by atoms with Crippen molar-refractivity contribution in [3.63, 3.8) is 0 Å². The Bertz CT molecular complexity index is 942. The van der Waals surface area contributed by atoms with Gasteiger partial charge in [0.1, 0.15) is 6.04 Å². The van der Waals surface area contributed by atoms with Crippen molar-refractivity contribution in [1.82, 2.24) is 4.31 Å². The number of amides is 1. The van der Waals surface area contributed by atoms with Gasteiger partial charge in [-0.05, 0) is 29.7 Å². The largest absolute Gasteiger partial charge is 0.493 e.